The zero-order valence-corrected chi connectivity index (χ0v) is 12.4. The molecule has 3 aromatic rings. The number of amides is 1. The maximum atomic E-state index is 13.1. The summed E-state index contributed by atoms with van der Waals surface area (Å²) in [7, 11) is 1.58. The SMILES string of the molecule is COc1ccc2[nH]c(C(=O)Nc3ccc(F)c(Cl)c3)cc2c1. The molecule has 0 spiro atoms. The zero-order chi connectivity index (χ0) is 15.7. The highest BCUT2D eigenvalue weighted by Crippen LogP contribution is 2.23. The van der Waals surface area contributed by atoms with Gasteiger partial charge in [0.25, 0.3) is 5.91 Å². The molecule has 0 atom stereocenters. The molecule has 0 bridgehead atoms. The summed E-state index contributed by atoms with van der Waals surface area (Å²) in [4.78, 5) is 15.2. The zero-order valence-electron chi connectivity index (χ0n) is 11.6. The van der Waals surface area contributed by atoms with Gasteiger partial charge in [0, 0.05) is 16.6 Å². The van der Waals surface area contributed by atoms with Gasteiger partial charge in [-0.3, -0.25) is 4.79 Å². The van der Waals surface area contributed by atoms with E-state index in [1.165, 1.54) is 18.2 Å². The van der Waals surface area contributed by atoms with Crippen LogP contribution in [-0.2, 0) is 0 Å². The Hall–Kier alpha value is -2.53. The fourth-order valence-corrected chi connectivity index (χ4v) is 2.31. The van der Waals surface area contributed by atoms with Gasteiger partial charge in [-0.05, 0) is 42.5 Å². The first-order chi connectivity index (χ1) is 10.6. The van der Waals surface area contributed by atoms with E-state index in [1.807, 2.05) is 12.1 Å². The summed E-state index contributed by atoms with van der Waals surface area (Å²) in [6, 6.07) is 11.2. The first-order valence-corrected chi connectivity index (χ1v) is 6.88. The minimum Gasteiger partial charge on any atom is -0.497 e. The number of methoxy groups -OCH3 is 1. The highest BCUT2D eigenvalue weighted by atomic mass is 35.5. The number of rotatable bonds is 3. The molecule has 22 heavy (non-hydrogen) atoms. The first kappa shape index (κ1) is 14.4. The molecule has 112 valence electrons. The molecule has 0 aliphatic rings. The van der Waals surface area contributed by atoms with Crippen molar-refractivity contribution >= 4 is 34.1 Å². The first-order valence-electron chi connectivity index (χ1n) is 6.50. The van der Waals surface area contributed by atoms with Gasteiger partial charge in [-0.15, -0.1) is 0 Å². The van der Waals surface area contributed by atoms with Crippen LogP contribution < -0.4 is 10.1 Å². The van der Waals surface area contributed by atoms with Crippen molar-refractivity contribution in [3.8, 4) is 5.75 Å². The van der Waals surface area contributed by atoms with Crippen LogP contribution in [0.1, 0.15) is 10.5 Å². The Morgan fingerprint density at radius 3 is 2.77 bits per heavy atom. The van der Waals surface area contributed by atoms with E-state index in [-0.39, 0.29) is 10.9 Å². The molecular formula is C16H12ClFN2O2. The van der Waals surface area contributed by atoms with Crippen molar-refractivity contribution in [2.75, 3.05) is 12.4 Å². The van der Waals surface area contributed by atoms with E-state index in [1.54, 1.807) is 19.2 Å². The maximum absolute atomic E-state index is 13.1. The summed E-state index contributed by atoms with van der Waals surface area (Å²) < 4.78 is 18.3. The lowest BCUT2D eigenvalue weighted by molar-refractivity contribution is 0.102. The number of carbonyl (C=O) groups excluding carboxylic acids is 1. The third-order valence-electron chi connectivity index (χ3n) is 3.25. The van der Waals surface area contributed by atoms with Crippen molar-refractivity contribution in [3.05, 3.63) is 59.0 Å². The summed E-state index contributed by atoms with van der Waals surface area (Å²) in [6.07, 6.45) is 0. The molecule has 0 saturated carbocycles. The molecule has 1 aromatic heterocycles. The number of nitrogens with one attached hydrogen (secondary N) is 2. The normalized spacial score (nSPS) is 10.7. The van der Waals surface area contributed by atoms with E-state index in [2.05, 4.69) is 10.3 Å². The quantitative estimate of drug-likeness (QED) is 0.759. The van der Waals surface area contributed by atoms with Gasteiger partial charge in [-0.25, -0.2) is 4.39 Å². The number of H-pyrrole nitrogens is 1. The van der Waals surface area contributed by atoms with Gasteiger partial charge in [0.1, 0.15) is 17.3 Å². The number of halogens is 2. The number of anilines is 1. The molecule has 0 aliphatic heterocycles. The number of carbonyl (C=O) groups is 1. The number of fused-ring (bicyclic) bond motifs is 1. The molecule has 0 aliphatic carbocycles. The van der Waals surface area contributed by atoms with Gasteiger partial charge in [-0.1, -0.05) is 11.6 Å². The number of hydrogen-bond acceptors (Lipinski definition) is 2. The maximum Gasteiger partial charge on any atom is 0.272 e. The van der Waals surface area contributed by atoms with Gasteiger partial charge in [0.05, 0.1) is 12.1 Å². The second-order valence-electron chi connectivity index (χ2n) is 4.72. The van der Waals surface area contributed by atoms with Gasteiger partial charge in [-0.2, -0.15) is 0 Å². The van der Waals surface area contributed by atoms with Crippen LogP contribution in [0.4, 0.5) is 10.1 Å². The van der Waals surface area contributed by atoms with Crippen molar-refractivity contribution < 1.29 is 13.9 Å². The Morgan fingerprint density at radius 2 is 2.05 bits per heavy atom. The van der Waals surface area contributed by atoms with Gasteiger partial charge < -0.3 is 15.0 Å². The van der Waals surface area contributed by atoms with Gasteiger partial charge >= 0.3 is 0 Å². The molecule has 3 rings (SSSR count). The average molecular weight is 319 g/mol. The van der Waals surface area contributed by atoms with E-state index in [4.69, 9.17) is 16.3 Å². The van der Waals surface area contributed by atoms with Crippen LogP contribution in [0.15, 0.2) is 42.5 Å². The molecule has 0 radical (unpaired) electrons. The van der Waals surface area contributed by atoms with Gasteiger partial charge in [0.15, 0.2) is 0 Å². The Kier molecular flexibility index (Phi) is 3.73. The fraction of sp³-hybridized carbons (Fsp3) is 0.0625. The van der Waals surface area contributed by atoms with Crippen LogP contribution in [0, 0.1) is 5.82 Å². The lowest BCUT2D eigenvalue weighted by atomic mass is 10.2. The largest absolute Gasteiger partial charge is 0.497 e. The molecule has 2 N–H and O–H groups in total. The lowest BCUT2D eigenvalue weighted by Crippen LogP contribution is -2.12. The summed E-state index contributed by atoms with van der Waals surface area (Å²) in [5, 5.41) is 3.48. The highest BCUT2D eigenvalue weighted by molar-refractivity contribution is 6.31. The number of aromatic amines is 1. The molecule has 1 heterocycles. The van der Waals surface area contributed by atoms with Crippen LogP contribution >= 0.6 is 11.6 Å². The summed E-state index contributed by atoms with van der Waals surface area (Å²) in [6.45, 7) is 0. The number of hydrogen-bond donors (Lipinski definition) is 2. The van der Waals surface area contributed by atoms with E-state index in [0.717, 1.165) is 10.9 Å². The third kappa shape index (κ3) is 2.76. The van der Waals surface area contributed by atoms with Crippen molar-refractivity contribution in [1.82, 2.24) is 4.98 Å². The molecule has 6 heteroatoms. The smallest absolute Gasteiger partial charge is 0.272 e. The third-order valence-corrected chi connectivity index (χ3v) is 3.54. The van der Waals surface area contributed by atoms with Crippen LogP contribution in [0.5, 0.6) is 5.75 Å². The Bertz CT molecular complexity index is 860. The number of benzene rings is 2. The summed E-state index contributed by atoms with van der Waals surface area (Å²) >= 11 is 5.69. The lowest BCUT2D eigenvalue weighted by Gasteiger charge is -2.04. The molecule has 0 unspecified atom stereocenters. The Morgan fingerprint density at radius 1 is 1.23 bits per heavy atom. The molecular weight excluding hydrogens is 307 g/mol. The molecule has 4 nitrogen and oxygen atoms in total. The average Bonchev–Trinajstić information content (AvgIpc) is 2.94. The number of ether oxygens (including phenoxy) is 1. The second-order valence-corrected chi connectivity index (χ2v) is 5.13. The Balaban J connectivity index is 1.86. The minimum absolute atomic E-state index is 0.0424. The standard InChI is InChI=1S/C16H12ClFN2O2/c1-22-11-3-5-14-9(6-11)7-15(20-14)16(21)19-10-2-4-13(18)12(17)8-10/h2-8,20H,1H3,(H,19,21). The monoisotopic (exact) mass is 318 g/mol. The van der Waals surface area contributed by atoms with Crippen molar-refractivity contribution in [2.24, 2.45) is 0 Å². The summed E-state index contributed by atoms with van der Waals surface area (Å²) in [5.74, 6) is -0.154. The van der Waals surface area contributed by atoms with E-state index in [0.29, 0.717) is 17.1 Å². The van der Waals surface area contributed by atoms with Crippen LogP contribution in [-0.4, -0.2) is 18.0 Å². The summed E-state index contributed by atoms with van der Waals surface area (Å²) in [5.41, 5.74) is 1.64. The van der Waals surface area contributed by atoms with Crippen LogP contribution in [0.3, 0.4) is 0 Å². The molecule has 0 fully saturated rings. The molecule has 2 aromatic carbocycles. The minimum atomic E-state index is -0.530. The highest BCUT2D eigenvalue weighted by Gasteiger charge is 2.11. The molecule has 1 amide bonds. The van der Waals surface area contributed by atoms with E-state index < -0.39 is 5.82 Å². The topological polar surface area (TPSA) is 54.1 Å². The fourth-order valence-electron chi connectivity index (χ4n) is 2.13. The predicted molar refractivity (Wildman–Crippen MR) is 84.2 cm³/mol. The van der Waals surface area contributed by atoms with Crippen LogP contribution in [0.2, 0.25) is 5.02 Å². The van der Waals surface area contributed by atoms with Gasteiger partial charge in [0.2, 0.25) is 0 Å². The van der Waals surface area contributed by atoms with E-state index >= 15 is 0 Å². The second kappa shape index (κ2) is 5.69. The molecule has 0 saturated heterocycles. The van der Waals surface area contributed by atoms with Crippen molar-refractivity contribution in [2.45, 2.75) is 0 Å². The van der Waals surface area contributed by atoms with Crippen molar-refractivity contribution in [3.63, 3.8) is 0 Å². The number of aromatic nitrogens is 1. The Labute approximate surface area is 130 Å². The van der Waals surface area contributed by atoms with Crippen molar-refractivity contribution in [1.29, 1.82) is 0 Å². The predicted octanol–water partition coefficient (Wildman–Crippen LogP) is 4.22. The van der Waals surface area contributed by atoms with Crippen LogP contribution in [0.25, 0.3) is 10.9 Å². The van der Waals surface area contributed by atoms with E-state index in [9.17, 15) is 9.18 Å².